The van der Waals surface area contributed by atoms with Gasteiger partial charge in [-0.05, 0) is 42.4 Å². The highest BCUT2D eigenvalue weighted by molar-refractivity contribution is 5.79. The molecule has 0 heterocycles. The lowest BCUT2D eigenvalue weighted by atomic mass is 9.71. The van der Waals surface area contributed by atoms with Gasteiger partial charge in [0.2, 0.25) is 0 Å². The summed E-state index contributed by atoms with van der Waals surface area (Å²) in [6, 6.07) is 0. The van der Waals surface area contributed by atoms with Gasteiger partial charge in [-0.25, -0.2) is 4.79 Å². The van der Waals surface area contributed by atoms with Crippen LogP contribution in [-0.4, -0.2) is 41.9 Å². The van der Waals surface area contributed by atoms with Crippen molar-refractivity contribution in [3.63, 3.8) is 0 Å². The van der Waals surface area contributed by atoms with Crippen molar-refractivity contribution in [1.29, 1.82) is 0 Å². The lowest BCUT2D eigenvalue weighted by Crippen LogP contribution is -2.65. The van der Waals surface area contributed by atoms with Crippen LogP contribution in [0, 0.1) is 29.6 Å². The first kappa shape index (κ1) is 26.8. The van der Waals surface area contributed by atoms with Crippen LogP contribution in [0.5, 0.6) is 0 Å². The molecular weight excluding hydrogens is 483 g/mol. The second kappa shape index (κ2) is 7.54. The van der Waals surface area contributed by atoms with Crippen LogP contribution in [0.2, 0.25) is 0 Å². The maximum atomic E-state index is 13.6. The second-order valence-corrected chi connectivity index (χ2v) is 8.44. The summed E-state index contributed by atoms with van der Waals surface area (Å²) >= 11 is 0. The number of rotatable bonds is 5. The first-order valence-corrected chi connectivity index (χ1v) is 9.20. The second-order valence-electron chi connectivity index (χ2n) is 8.44. The topological polar surface area (TPSA) is 26.3 Å². The van der Waals surface area contributed by atoms with Gasteiger partial charge in [-0.15, -0.1) is 0 Å². The molecule has 15 heteroatoms. The number of carbonyl (C=O) groups excluding carboxylic acids is 1. The number of halogens is 13. The van der Waals surface area contributed by atoms with Gasteiger partial charge in [-0.1, -0.05) is 13.8 Å². The first-order chi connectivity index (χ1) is 14.0. The molecule has 0 aromatic heterocycles. The third kappa shape index (κ3) is 3.90. The van der Waals surface area contributed by atoms with Crippen molar-refractivity contribution in [3.8, 4) is 0 Å². The molecule has 32 heavy (non-hydrogen) atoms. The first-order valence-electron chi connectivity index (χ1n) is 9.20. The van der Waals surface area contributed by atoms with Crippen LogP contribution in [0.3, 0.4) is 0 Å². The van der Waals surface area contributed by atoms with Crippen LogP contribution in [0.25, 0.3) is 0 Å². The minimum Gasteiger partial charge on any atom is -0.435 e. The van der Waals surface area contributed by atoms with E-state index in [2.05, 4.69) is 4.74 Å². The van der Waals surface area contributed by atoms with Gasteiger partial charge in [-0.3, -0.25) is 0 Å². The Morgan fingerprint density at radius 3 is 1.56 bits per heavy atom. The summed E-state index contributed by atoms with van der Waals surface area (Å²) in [6.07, 6.45) is -22.6. The largest absolute Gasteiger partial charge is 0.460 e. The fourth-order valence-corrected chi connectivity index (χ4v) is 4.78. The molecule has 0 saturated heterocycles. The zero-order valence-corrected chi connectivity index (χ0v) is 16.2. The molecule has 0 amide bonds. The van der Waals surface area contributed by atoms with E-state index in [0.717, 1.165) is 0 Å². The SMILES string of the molecule is CC1C2CC(CC(OC(=O)C(F)(F)C(F)(F)C(F)(F)F)(C(F)(F)F)C(F)(F)F)C(C2)C1C. The summed E-state index contributed by atoms with van der Waals surface area (Å²) in [7, 11) is 0. The van der Waals surface area contributed by atoms with E-state index in [4.69, 9.17) is 0 Å². The fourth-order valence-electron chi connectivity index (χ4n) is 4.78. The maximum absolute atomic E-state index is 13.6. The van der Waals surface area contributed by atoms with Crippen molar-refractivity contribution in [2.24, 2.45) is 29.6 Å². The Balaban J connectivity index is 2.48. The molecule has 0 aromatic rings. The molecule has 2 nitrogen and oxygen atoms in total. The Hall–Kier alpha value is -1.44. The Morgan fingerprint density at radius 1 is 0.750 bits per heavy atom. The van der Waals surface area contributed by atoms with E-state index in [-0.39, 0.29) is 30.6 Å². The number of hydrogen-bond acceptors (Lipinski definition) is 2. The van der Waals surface area contributed by atoms with Crippen LogP contribution in [0.4, 0.5) is 57.1 Å². The zero-order valence-electron chi connectivity index (χ0n) is 16.2. The van der Waals surface area contributed by atoms with E-state index in [9.17, 15) is 61.9 Å². The molecule has 188 valence electrons. The van der Waals surface area contributed by atoms with Crippen LogP contribution in [-0.2, 0) is 9.53 Å². The van der Waals surface area contributed by atoms with Crippen LogP contribution < -0.4 is 0 Å². The summed E-state index contributed by atoms with van der Waals surface area (Å²) in [5.41, 5.74) is -5.69. The number of carbonyl (C=O) groups is 1. The molecule has 5 atom stereocenters. The number of esters is 1. The molecule has 2 aliphatic rings. The highest BCUT2D eigenvalue weighted by Crippen LogP contribution is 2.60. The smallest absolute Gasteiger partial charge is 0.435 e. The Labute approximate surface area is 172 Å². The van der Waals surface area contributed by atoms with Crippen molar-refractivity contribution in [2.75, 3.05) is 0 Å². The van der Waals surface area contributed by atoms with Gasteiger partial charge in [0.1, 0.15) is 0 Å². The van der Waals surface area contributed by atoms with Crippen molar-refractivity contribution in [2.45, 2.75) is 69.1 Å². The highest BCUT2D eigenvalue weighted by atomic mass is 19.4. The minimum absolute atomic E-state index is 0.0696. The number of fused-ring (bicyclic) bond motifs is 2. The molecule has 2 saturated carbocycles. The minimum atomic E-state index is -7.28. The van der Waals surface area contributed by atoms with E-state index in [0.29, 0.717) is 0 Å². The Bertz CT molecular complexity index is 705. The van der Waals surface area contributed by atoms with Crippen molar-refractivity contribution < 1.29 is 66.6 Å². The molecule has 0 radical (unpaired) electrons. The fraction of sp³-hybridized carbons (Fsp3) is 0.941. The van der Waals surface area contributed by atoms with Crippen molar-refractivity contribution in [1.82, 2.24) is 0 Å². The van der Waals surface area contributed by atoms with Gasteiger partial charge in [0.15, 0.2) is 0 Å². The molecule has 2 bridgehead atoms. The standard InChI is InChI=1S/C17H17F13O2/c1-6-7(2)10-4-8(6)3-9(10)5-12(15(22,23)24,16(25,26)27)32-11(31)13(18,19)14(20,21)17(28,29)30/h6-10H,3-5H2,1-2H3. The molecule has 2 fully saturated rings. The van der Waals surface area contributed by atoms with Crippen LogP contribution >= 0.6 is 0 Å². The lowest BCUT2D eigenvalue weighted by Gasteiger charge is -2.42. The third-order valence-corrected chi connectivity index (χ3v) is 6.77. The van der Waals surface area contributed by atoms with E-state index >= 15 is 0 Å². The van der Waals surface area contributed by atoms with E-state index in [1.807, 2.05) is 0 Å². The molecular formula is C17H17F13O2. The summed E-state index contributed by atoms with van der Waals surface area (Å²) < 4.78 is 174. The predicted octanol–water partition coefficient (Wildman–Crippen LogP) is 6.54. The van der Waals surface area contributed by atoms with Gasteiger partial charge in [0, 0.05) is 6.42 Å². The van der Waals surface area contributed by atoms with Gasteiger partial charge in [-0.2, -0.15) is 57.1 Å². The zero-order chi connectivity index (χ0) is 25.3. The molecule has 0 N–H and O–H groups in total. The van der Waals surface area contributed by atoms with E-state index < -0.39 is 60.2 Å². The van der Waals surface area contributed by atoms with Gasteiger partial charge < -0.3 is 4.74 Å². The van der Waals surface area contributed by atoms with Crippen LogP contribution in [0.15, 0.2) is 0 Å². The summed E-state index contributed by atoms with van der Waals surface area (Å²) in [6.45, 7) is 3.26. The summed E-state index contributed by atoms with van der Waals surface area (Å²) in [5, 5.41) is 0. The van der Waals surface area contributed by atoms with E-state index in [1.165, 1.54) is 0 Å². The van der Waals surface area contributed by atoms with Crippen molar-refractivity contribution in [3.05, 3.63) is 0 Å². The number of hydrogen-bond donors (Lipinski definition) is 0. The van der Waals surface area contributed by atoms with Gasteiger partial charge in [0.25, 0.3) is 0 Å². The average molecular weight is 500 g/mol. The molecule has 0 aliphatic heterocycles. The van der Waals surface area contributed by atoms with Crippen molar-refractivity contribution >= 4 is 5.97 Å². The van der Waals surface area contributed by atoms with E-state index in [1.54, 1.807) is 13.8 Å². The number of alkyl halides is 13. The van der Waals surface area contributed by atoms with Crippen LogP contribution in [0.1, 0.15) is 33.1 Å². The Kier molecular flexibility index (Phi) is 6.31. The average Bonchev–Trinajstić information content (AvgIpc) is 3.10. The number of ether oxygens (including phenoxy) is 1. The molecule has 0 aromatic carbocycles. The predicted molar refractivity (Wildman–Crippen MR) is 79.5 cm³/mol. The maximum Gasteiger partial charge on any atom is 0.460 e. The van der Waals surface area contributed by atoms with Gasteiger partial charge in [0.05, 0.1) is 0 Å². The molecule has 2 aliphatic carbocycles. The van der Waals surface area contributed by atoms with Gasteiger partial charge >= 0.3 is 41.9 Å². The molecule has 2 rings (SSSR count). The monoisotopic (exact) mass is 500 g/mol. The summed E-state index contributed by atoms with van der Waals surface area (Å²) in [5.74, 6) is -21.5. The molecule has 0 spiro atoms. The highest BCUT2D eigenvalue weighted by Gasteiger charge is 2.81. The normalized spacial score (nSPS) is 30.0. The Morgan fingerprint density at radius 2 is 1.22 bits per heavy atom. The summed E-state index contributed by atoms with van der Waals surface area (Å²) in [4.78, 5) is 11.4. The third-order valence-electron chi connectivity index (χ3n) is 6.77. The lowest BCUT2D eigenvalue weighted by molar-refractivity contribution is -0.389. The molecule has 5 unspecified atom stereocenters. The quantitative estimate of drug-likeness (QED) is 0.317.